The molecule has 0 fully saturated rings. The second-order valence-electron chi connectivity index (χ2n) is 7.87. The van der Waals surface area contributed by atoms with Gasteiger partial charge in [0.1, 0.15) is 0 Å². The zero-order valence-corrected chi connectivity index (χ0v) is 19.0. The van der Waals surface area contributed by atoms with E-state index in [4.69, 9.17) is 0 Å². The Bertz CT molecular complexity index is 1410. The van der Waals surface area contributed by atoms with E-state index in [2.05, 4.69) is 0 Å². The molecule has 0 amide bonds. The van der Waals surface area contributed by atoms with Crippen LogP contribution >= 0.6 is 0 Å². The average molecular weight is 476 g/mol. The van der Waals surface area contributed by atoms with E-state index >= 15 is 0 Å². The van der Waals surface area contributed by atoms with Gasteiger partial charge in [-0.25, -0.2) is 0 Å². The van der Waals surface area contributed by atoms with E-state index in [1.54, 1.807) is 72.8 Å². The summed E-state index contributed by atoms with van der Waals surface area (Å²) in [5.74, 6) is -0.186. The summed E-state index contributed by atoms with van der Waals surface area (Å²) >= 11 is 0. The van der Waals surface area contributed by atoms with Crippen molar-refractivity contribution in [2.24, 2.45) is 0 Å². The minimum absolute atomic E-state index is 0.00836. The molecule has 0 saturated heterocycles. The number of ketones is 1. The molecule has 0 aromatic heterocycles. The van der Waals surface area contributed by atoms with Crippen molar-refractivity contribution in [3.05, 3.63) is 151 Å². The standard InChI is InChI=1S/C29H20N2O5/c32-29(27-13-3-1-9-23(27)17-15-21-7-5-11-25(19-21)30(33)34)28-14-4-2-10-24(28)18-16-22-8-6-12-26(20-22)31(35)36/h1-20H/b17-15+,18-16+. The third-order valence-corrected chi connectivity index (χ3v) is 5.48. The fourth-order valence-electron chi connectivity index (χ4n) is 3.70. The van der Waals surface area contributed by atoms with Crippen LogP contribution in [-0.4, -0.2) is 15.6 Å². The van der Waals surface area contributed by atoms with Crippen LogP contribution in [-0.2, 0) is 0 Å². The van der Waals surface area contributed by atoms with Crippen molar-refractivity contribution in [3.63, 3.8) is 0 Å². The highest BCUT2D eigenvalue weighted by Crippen LogP contribution is 2.23. The van der Waals surface area contributed by atoms with E-state index in [1.165, 1.54) is 24.3 Å². The molecule has 0 atom stereocenters. The Morgan fingerprint density at radius 2 is 0.972 bits per heavy atom. The molecule has 0 bridgehead atoms. The van der Waals surface area contributed by atoms with Crippen LogP contribution in [0.2, 0.25) is 0 Å². The number of hydrogen-bond donors (Lipinski definition) is 0. The Hall–Kier alpha value is -5.17. The highest BCUT2D eigenvalue weighted by molar-refractivity contribution is 6.13. The van der Waals surface area contributed by atoms with Crippen molar-refractivity contribution in [2.45, 2.75) is 0 Å². The van der Waals surface area contributed by atoms with Gasteiger partial charge in [-0.1, -0.05) is 97.1 Å². The first-order chi connectivity index (χ1) is 17.4. The van der Waals surface area contributed by atoms with E-state index in [9.17, 15) is 25.0 Å². The first kappa shape index (κ1) is 24.0. The van der Waals surface area contributed by atoms with Crippen LogP contribution in [0.4, 0.5) is 11.4 Å². The number of non-ortho nitro benzene ring substituents is 2. The van der Waals surface area contributed by atoms with Gasteiger partial charge < -0.3 is 0 Å². The first-order valence-corrected chi connectivity index (χ1v) is 11.0. The highest BCUT2D eigenvalue weighted by Gasteiger charge is 2.15. The zero-order chi connectivity index (χ0) is 25.5. The van der Waals surface area contributed by atoms with Gasteiger partial charge in [-0.3, -0.25) is 25.0 Å². The Labute approximate surface area is 207 Å². The van der Waals surface area contributed by atoms with Gasteiger partial charge >= 0.3 is 0 Å². The predicted molar refractivity (Wildman–Crippen MR) is 140 cm³/mol. The monoisotopic (exact) mass is 476 g/mol. The van der Waals surface area contributed by atoms with E-state index in [1.807, 2.05) is 24.3 Å². The first-order valence-electron chi connectivity index (χ1n) is 11.0. The molecule has 0 spiro atoms. The minimum Gasteiger partial charge on any atom is -0.289 e. The quantitative estimate of drug-likeness (QED) is 0.117. The average Bonchev–Trinajstić information content (AvgIpc) is 2.91. The second kappa shape index (κ2) is 10.8. The molecule has 4 rings (SSSR count). The smallest absolute Gasteiger partial charge is 0.270 e. The normalized spacial score (nSPS) is 11.1. The van der Waals surface area contributed by atoms with Crippen molar-refractivity contribution in [1.29, 1.82) is 0 Å². The number of nitro groups is 2. The highest BCUT2D eigenvalue weighted by atomic mass is 16.6. The molecule has 0 aliphatic heterocycles. The Balaban J connectivity index is 1.65. The van der Waals surface area contributed by atoms with Crippen molar-refractivity contribution in [1.82, 2.24) is 0 Å². The summed E-state index contributed by atoms with van der Waals surface area (Å²) in [6, 6.07) is 26.8. The van der Waals surface area contributed by atoms with Gasteiger partial charge in [0.15, 0.2) is 5.78 Å². The van der Waals surface area contributed by atoms with Gasteiger partial charge in [-0.15, -0.1) is 0 Å². The molecular formula is C29H20N2O5. The van der Waals surface area contributed by atoms with Crippen LogP contribution in [0.15, 0.2) is 97.1 Å². The SMILES string of the molecule is O=C(c1ccccc1/C=C/c1cccc([N+](=O)[O-])c1)c1ccccc1/C=C/c1cccc([N+](=O)[O-])c1. The molecule has 0 aliphatic rings. The molecule has 4 aromatic carbocycles. The summed E-state index contributed by atoms with van der Waals surface area (Å²) in [5, 5.41) is 22.1. The van der Waals surface area contributed by atoms with Crippen LogP contribution in [0.3, 0.4) is 0 Å². The Morgan fingerprint density at radius 3 is 1.39 bits per heavy atom. The molecule has 7 heteroatoms. The maximum atomic E-state index is 13.6. The minimum atomic E-state index is -0.451. The molecule has 0 unspecified atom stereocenters. The molecule has 0 radical (unpaired) electrons. The number of rotatable bonds is 8. The molecule has 0 saturated carbocycles. The van der Waals surface area contributed by atoms with Crippen LogP contribution in [0, 0.1) is 20.2 Å². The molecule has 7 nitrogen and oxygen atoms in total. The predicted octanol–water partition coefficient (Wildman–Crippen LogP) is 7.07. The fraction of sp³-hybridized carbons (Fsp3) is 0. The third kappa shape index (κ3) is 5.66. The van der Waals surface area contributed by atoms with Gasteiger partial charge in [-0.05, 0) is 22.3 Å². The fourth-order valence-corrected chi connectivity index (χ4v) is 3.70. The molecule has 0 aliphatic carbocycles. The summed E-state index contributed by atoms with van der Waals surface area (Å²) in [6.07, 6.45) is 6.97. The van der Waals surface area contributed by atoms with Gasteiger partial charge in [0.25, 0.3) is 11.4 Å². The van der Waals surface area contributed by atoms with E-state index in [0.717, 1.165) is 0 Å². The maximum Gasteiger partial charge on any atom is 0.270 e. The van der Waals surface area contributed by atoms with Crippen molar-refractivity contribution in [3.8, 4) is 0 Å². The van der Waals surface area contributed by atoms with Crippen molar-refractivity contribution in [2.75, 3.05) is 0 Å². The van der Waals surface area contributed by atoms with Crippen molar-refractivity contribution >= 4 is 41.5 Å². The maximum absolute atomic E-state index is 13.6. The van der Waals surface area contributed by atoms with Crippen LogP contribution < -0.4 is 0 Å². The molecule has 0 heterocycles. The molecule has 4 aromatic rings. The Morgan fingerprint density at radius 1 is 0.556 bits per heavy atom. The Kier molecular flexibility index (Phi) is 7.22. The van der Waals surface area contributed by atoms with Crippen LogP contribution in [0.25, 0.3) is 24.3 Å². The van der Waals surface area contributed by atoms with Crippen LogP contribution in [0.5, 0.6) is 0 Å². The number of benzene rings is 4. The summed E-state index contributed by atoms with van der Waals surface area (Å²) < 4.78 is 0. The third-order valence-electron chi connectivity index (χ3n) is 5.48. The summed E-state index contributed by atoms with van der Waals surface area (Å²) in [7, 11) is 0. The lowest BCUT2D eigenvalue weighted by atomic mass is 9.94. The zero-order valence-electron chi connectivity index (χ0n) is 19.0. The summed E-state index contributed by atoms with van der Waals surface area (Å²) in [4.78, 5) is 34.8. The van der Waals surface area contributed by atoms with Gasteiger partial charge in [0.2, 0.25) is 0 Å². The molecule has 0 N–H and O–H groups in total. The number of carbonyl (C=O) groups excluding carboxylic acids is 1. The molecule has 176 valence electrons. The number of nitro benzene ring substituents is 2. The topological polar surface area (TPSA) is 103 Å². The number of hydrogen-bond acceptors (Lipinski definition) is 5. The van der Waals surface area contributed by atoms with Gasteiger partial charge in [0, 0.05) is 35.4 Å². The van der Waals surface area contributed by atoms with Gasteiger partial charge in [0.05, 0.1) is 9.85 Å². The lowest BCUT2D eigenvalue weighted by Gasteiger charge is -2.08. The largest absolute Gasteiger partial charge is 0.289 e. The van der Waals surface area contributed by atoms with Crippen molar-refractivity contribution < 1.29 is 14.6 Å². The number of carbonyl (C=O) groups is 1. The van der Waals surface area contributed by atoms with E-state index in [0.29, 0.717) is 33.4 Å². The molecular weight excluding hydrogens is 456 g/mol. The van der Waals surface area contributed by atoms with Gasteiger partial charge in [-0.2, -0.15) is 0 Å². The summed E-state index contributed by atoms with van der Waals surface area (Å²) in [6.45, 7) is 0. The van der Waals surface area contributed by atoms with E-state index in [-0.39, 0.29) is 17.2 Å². The summed E-state index contributed by atoms with van der Waals surface area (Å²) in [5.41, 5.74) is 3.58. The second-order valence-corrected chi connectivity index (χ2v) is 7.87. The molecule has 36 heavy (non-hydrogen) atoms. The lowest BCUT2D eigenvalue weighted by molar-refractivity contribution is -0.385. The van der Waals surface area contributed by atoms with Crippen LogP contribution in [0.1, 0.15) is 38.2 Å². The lowest BCUT2D eigenvalue weighted by Crippen LogP contribution is -2.05. The number of nitrogens with zero attached hydrogens (tertiary/aromatic N) is 2. The van der Waals surface area contributed by atoms with E-state index < -0.39 is 9.85 Å².